The van der Waals surface area contributed by atoms with Crippen molar-refractivity contribution in [2.75, 3.05) is 31.1 Å². The number of aryl methyl sites for hydroxylation is 2. The predicted molar refractivity (Wildman–Crippen MR) is 86.6 cm³/mol. The van der Waals surface area contributed by atoms with Crippen molar-refractivity contribution in [2.24, 2.45) is 11.8 Å². The molecule has 0 bridgehead atoms. The molecule has 4 heteroatoms. The first-order valence-corrected chi connectivity index (χ1v) is 8.34. The standard InChI is InChI=1S/C17H28N4/c1-12(2)5-7-20-10-15-11-21(8-6-16(15)20)17-18-13(3)9-14(4)19-17/h9,12,15-16H,5-8,10-11H2,1-4H3/t15-,16+/m0/s1. The van der Waals surface area contributed by atoms with Crippen molar-refractivity contribution in [3.8, 4) is 0 Å². The van der Waals surface area contributed by atoms with Gasteiger partial charge in [-0.15, -0.1) is 0 Å². The van der Waals surface area contributed by atoms with Gasteiger partial charge in [-0.05, 0) is 45.2 Å². The van der Waals surface area contributed by atoms with Crippen LogP contribution in [-0.4, -0.2) is 47.1 Å². The fourth-order valence-corrected chi connectivity index (χ4v) is 3.69. The van der Waals surface area contributed by atoms with Gasteiger partial charge in [-0.25, -0.2) is 9.97 Å². The molecule has 0 unspecified atom stereocenters. The number of anilines is 1. The Hall–Kier alpha value is -1.16. The minimum atomic E-state index is 0.811. The third-order valence-electron chi connectivity index (χ3n) is 4.88. The number of hydrogen-bond acceptors (Lipinski definition) is 4. The van der Waals surface area contributed by atoms with Crippen molar-refractivity contribution in [1.29, 1.82) is 0 Å². The molecule has 1 aromatic rings. The highest BCUT2D eigenvalue weighted by Gasteiger charge is 2.42. The van der Waals surface area contributed by atoms with Gasteiger partial charge in [0, 0.05) is 43.0 Å². The van der Waals surface area contributed by atoms with Crippen molar-refractivity contribution in [3.63, 3.8) is 0 Å². The van der Waals surface area contributed by atoms with Crippen molar-refractivity contribution in [1.82, 2.24) is 14.9 Å². The molecule has 4 nitrogen and oxygen atoms in total. The van der Waals surface area contributed by atoms with E-state index < -0.39 is 0 Å². The van der Waals surface area contributed by atoms with E-state index in [-0.39, 0.29) is 0 Å². The molecule has 2 saturated heterocycles. The lowest BCUT2D eigenvalue weighted by Gasteiger charge is -2.53. The number of nitrogens with zero attached hydrogens (tertiary/aromatic N) is 4. The summed E-state index contributed by atoms with van der Waals surface area (Å²) in [4.78, 5) is 14.3. The Kier molecular flexibility index (Phi) is 4.16. The lowest BCUT2D eigenvalue weighted by molar-refractivity contribution is -0.00105. The van der Waals surface area contributed by atoms with Gasteiger partial charge in [0.1, 0.15) is 0 Å². The number of fused-ring (bicyclic) bond motifs is 1. The second-order valence-corrected chi connectivity index (χ2v) is 7.19. The first-order chi connectivity index (χ1) is 10.0. The van der Waals surface area contributed by atoms with E-state index in [4.69, 9.17) is 0 Å². The van der Waals surface area contributed by atoms with Gasteiger partial charge in [-0.3, -0.25) is 4.90 Å². The highest BCUT2D eigenvalue weighted by Crippen LogP contribution is 2.33. The fraction of sp³-hybridized carbons (Fsp3) is 0.765. The number of likely N-dealkylation sites (tertiary alicyclic amines) is 1. The third kappa shape index (κ3) is 3.20. The van der Waals surface area contributed by atoms with Crippen molar-refractivity contribution < 1.29 is 0 Å². The molecule has 3 heterocycles. The Morgan fingerprint density at radius 1 is 1.19 bits per heavy atom. The highest BCUT2D eigenvalue weighted by molar-refractivity contribution is 5.34. The topological polar surface area (TPSA) is 32.3 Å². The van der Waals surface area contributed by atoms with E-state index in [0.29, 0.717) is 0 Å². The minimum Gasteiger partial charge on any atom is -0.340 e. The second-order valence-electron chi connectivity index (χ2n) is 7.19. The molecular weight excluding hydrogens is 260 g/mol. The van der Waals surface area contributed by atoms with Crippen LogP contribution in [0.2, 0.25) is 0 Å². The van der Waals surface area contributed by atoms with E-state index >= 15 is 0 Å². The van der Waals surface area contributed by atoms with E-state index in [0.717, 1.165) is 48.3 Å². The van der Waals surface area contributed by atoms with Gasteiger partial charge >= 0.3 is 0 Å². The van der Waals surface area contributed by atoms with Crippen molar-refractivity contribution in [2.45, 2.75) is 46.6 Å². The molecule has 0 radical (unpaired) electrons. The molecule has 21 heavy (non-hydrogen) atoms. The van der Waals surface area contributed by atoms with Crippen LogP contribution in [0.4, 0.5) is 5.95 Å². The minimum absolute atomic E-state index is 0.811. The summed E-state index contributed by atoms with van der Waals surface area (Å²) in [6, 6.07) is 2.86. The average molecular weight is 288 g/mol. The SMILES string of the molecule is Cc1cc(C)nc(N2CC[C@@H]3[C@H](C2)CN3CCC(C)C)n1. The quantitative estimate of drug-likeness (QED) is 0.852. The predicted octanol–water partition coefficient (Wildman–Crippen LogP) is 2.65. The molecule has 2 aliphatic heterocycles. The molecule has 0 saturated carbocycles. The number of rotatable bonds is 4. The summed E-state index contributed by atoms with van der Waals surface area (Å²) >= 11 is 0. The van der Waals surface area contributed by atoms with E-state index in [9.17, 15) is 0 Å². The van der Waals surface area contributed by atoms with Gasteiger partial charge in [0.15, 0.2) is 0 Å². The molecule has 1 aromatic heterocycles. The molecule has 3 rings (SSSR count). The van der Waals surface area contributed by atoms with Gasteiger partial charge in [-0.2, -0.15) is 0 Å². The summed E-state index contributed by atoms with van der Waals surface area (Å²) in [5.41, 5.74) is 2.15. The fourth-order valence-electron chi connectivity index (χ4n) is 3.69. The lowest BCUT2D eigenvalue weighted by Crippen LogP contribution is -2.63. The first-order valence-electron chi connectivity index (χ1n) is 8.34. The Morgan fingerprint density at radius 3 is 2.52 bits per heavy atom. The third-order valence-corrected chi connectivity index (χ3v) is 4.88. The molecule has 0 amide bonds. The van der Waals surface area contributed by atoms with Crippen molar-refractivity contribution in [3.05, 3.63) is 17.5 Å². The Labute approximate surface area is 128 Å². The number of piperidine rings is 1. The van der Waals surface area contributed by atoms with Crippen LogP contribution >= 0.6 is 0 Å². The Bertz CT molecular complexity index is 479. The van der Waals surface area contributed by atoms with Gasteiger partial charge in [0.2, 0.25) is 5.95 Å². The maximum absolute atomic E-state index is 4.62. The number of aromatic nitrogens is 2. The van der Waals surface area contributed by atoms with Crippen molar-refractivity contribution >= 4 is 5.95 Å². The Balaban J connectivity index is 1.58. The van der Waals surface area contributed by atoms with Crippen LogP contribution in [0.5, 0.6) is 0 Å². The highest BCUT2D eigenvalue weighted by atomic mass is 15.3. The largest absolute Gasteiger partial charge is 0.340 e. The molecule has 2 atom stereocenters. The molecule has 2 fully saturated rings. The van der Waals surface area contributed by atoms with Crippen LogP contribution in [0.1, 0.15) is 38.1 Å². The zero-order valence-corrected chi connectivity index (χ0v) is 13.8. The zero-order valence-electron chi connectivity index (χ0n) is 13.8. The zero-order chi connectivity index (χ0) is 15.0. The summed E-state index contributed by atoms with van der Waals surface area (Å²) in [5.74, 6) is 2.56. The second kappa shape index (κ2) is 5.91. The summed E-state index contributed by atoms with van der Waals surface area (Å²) < 4.78 is 0. The molecule has 0 aliphatic carbocycles. The molecule has 0 N–H and O–H groups in total. The smallest absolute Gasteiger partial charge is 0.225 e. The van der Waals surface area contributed by atoms with Gasteiger partial charge in [0.25, 0.3) is 0 Å². The van der Waals surface area contributed by atoms with Crippen LogP contribution in [0, 0.1) is 25.7 Å². The normalized spacial score (nSPS) is 25.9. The molecular formula is C17H28N4. The monoisotopic (exact) mass is 288 g/mol. The van der Waals surface area contributed by atoms with E-state index in [1.54, 1.807) is 0 Å². The summed E-state index contributed by atoms with van der Waals surface area (Å²) in [6.07, 6.45) is 2.59. The maximum atomic E-state index is 4.62. The van der Waals surface area contributed by atoms with E-state index in [2.05, 4.69) is 47.5 Å². The summed E-state index contributed by atoms with van der Waals surface area (Å²) in [6.45, 7) is 13.5. The van der Waals surface area contributed by atoms with Gasteiger partial charge in [0.05, 0.1) is 0 Å². The molecule has 116 valence electrons. The number of hydrogen-bond donors (Lipinski definition) is 0. The van der Waals surface area contributed by atoms with E-state index in [1.807, 2.05) is 6.07 Å². The summed E-state index contributed by atoms with van der Waals surface area (Å²) in [5, 5.41) is 0. The van der Waals surface area contributed by atoms with Gasteiger partial charge < -0.3 is 4.90 Å². The van der Waals surface area contributed by atoms with Crippen LogP contribution in [-0.2, 0) is 0 Å². The van der Waals surface area contributed by atoms with Crippen LogP contribution in [0.25, 0.3) is 0 Å². The Morgan fingerprint density at radius 2 is 1.90 bits per heavy atom. The summed E-state index contributed by atoms with van der Waals surface area (Å²) in [7, 11) is 0. The lowest BCUT2D eigenvalue weighted by atomic mass is 9.82. The molecule has 0 spiro atoms. The maximum Gasteiger partial charge on any atom is 0.225 e. The first kappa shape index (κ1) is 14.8. The van der Waals surface area contributed by atoms with E-state index in [1.165, 1.54) is 25.9 Å². The van der Waals surface area contributed by atoms with Crippen LogP contribution in [0.15, 0.2) is 6.07 Å². The molecule has 2 aliphatic rings. The van der Waals surface area contributed by atoms with Gasteiger partial charge in [-0.1, -0.05) is 13.8 Å². The van der Waals surface area contributed by atoms with Crippen LogP contribution < -0.4 is 4.90 Å². The molecule has 0 aromatic carbocycles. The average Bonchev–Trinajstić information content (AvgIpc) is 2.38. The van der Waals surface area contributed by atoms with Crippen LogP contribution in [0.3, 0.4) is 0 Å².